The summed E-state index contributed by atoms with van der Waals surface area (Å²) in [4.78, 5) is 2.14. The molecule has 0 saturated heterocycles. The van der Waals surface area contributed by atoms with E-state index < -0.39 is 0 Å². The molecule has 0 unspecified atom stereocenters. The van der Waals surface area contributed by atoms with Crippen LogP contribution in [-0.4, -0.2) is 12.2 Å². The van der Waals surface area contributed by atoms with Gasteiger partial charge >= 0.3 is 0 Å². The van der Waals surface area contributed by atoms with Crippen molar-refractivity contribution in [1.29, 1.82) is 0 Å². The Kier molecular flexibility index (Phi) is 5.22. The topological polar surface area (TPSA) is 23.5 Å². The lowest BCUT2D eigenvalue weighted by Gasteiger charge is -2.20. The Morgan fingerprint density at radius 3 is 1.39 bits per heavy atom. The second-order valence-electron chi connectivity index (χ2n) is 6.87. The SMILES string of the molecule is CN(c1ccc(CO)cc1)c1ccc(-c2ccc(-c3ccccc3)cc2)cc1. The zero-order chi connectivity index (χ0) is 19.3. The Hall–Kier alpha value is -3.36. The van der Waals surface area contributed by atoms with Crippen LogP contribution in [-0.2, 0) is 6.61 Å². The molecule has 4 aromatic carbocycles. The highest BCUT2D eigenvalue weighted by Crippen LogP contribution is 2.29. The standard InChI is InChI=1S/C26H23NO/c1-27(25-15-7-20(19-28)8-16-25)26-17-13-24(14-18-26)23-11-9-22(10-12-23)21-5-3-2-4-6-21/h2-18,28H,19H2,1H3. The van der Waals surface area contributed by atoms with E-state index in [2.05, 4.69) is 84.7 Å². The van der Waals surface area contributed by atoms with Gasteiger partial charge in [-0.1, -0.05) is 78.9 Å². The molecule has 0 heterocycles. The highest BCUT2D eigenvalue weighted by Gasteiger charge is 2.05. The van der Waals surface area contributed by atoms with E-state index in [1.54, 1.807) is 0 Å². The first-order chi connectivity index (χ1) is 13.7. The van der Waals surface area contributed by atoms with Crippen LogP contribution in [0.3, 0.4) is 0 Å². The zero-order valence-electron chi connectivity index (χ0n) is 15.9. The van der Waals surface area contributed by atoms with Gasteiger partial charge in [0, 0.05) is 18.4 Å². The first-order valence-corrected chi connectivity index (χ1v) is 9.44. The monoisotopic (exact) mass is 365 g/mol. The first-order valence-electron chi connectivity index (χ1n) is 9.44. The van der Waals surface area contributed by atoms with E-state index in [1.807, 2.05) is 30.3 Å². The molecular formula is C26H23NO. The van der Waals surface area contributed by atoms with Crippen LogP contribution >= 0.6 is 0 Å². The smallest absolute Gasteiger partial charge is 0.0681 e. The van der Waals surface area contributed by atoms with Gasteiger partial charge in [-0.3, -0.25) is 0 Å². The summed E-state index contributed by atoms with van der Waals surface area (Å²) in [6.45, 7) is 0.0712. The second kappa shape index (κ2) is 8.12. The molecule has 0 fully saturated rings. The van der Waals surface area contributed by atoms with Crippen molar-refractivity contribution in [2.45, 2.75) is 6.61 Å². The van der Waals surface area contributed by atoms with Crippen LogP contribution in [0.5, 0.6) is 0 Å². The Labute approximate surface area is 166 Å². The molecule has 4 rings (SSSR count). The summed E-state index contributed by atoms with van der Waals surface area (Å²) in [6, 6.07) is 35.7. The minimum absolute atomic E-state index is 0.0712. The molecule has 0 radical (unpaired) electrons. The third-order valence-corrected chi connectivity index (χ3v) is 5.09. The highest BCUT2D eigenvalue weighted by molar-refractivity contribution is 5.72. The predicted octanol–water partition coefficient (Wildman–Crippen LogP) is 6.28. The molecular weight excluding hydrogens is 342 g/mol. The largest absolute Gasteiger partial charge is 0.392 e. The minimum Gasteiger partial charge on any atom is -0.392 e. The number of anilines is 2. The van der Waals surface area contributed by atoms with Crippen LogP contribution in [0.25, 0.3) is 22.3 Å². The minimum atomic E-state index is 0.0712. The van der Waals surface area contributed by atoms with Gasteiger partial charge in [-0.05, 0) is 52.1 Å². The van der Waals surface area contributed by atoms with Crippen LogP contribution in [0, 0.1) is 0 Å². The molecule has 0 aliphatic heterocycles. The predicted molar refractivity (Wildman–Crippen MR) is 118 cm³/mol. The van der Waals surface area contributed by atoms with E-state index in [4.69, 9.17) is 0 Å². The van der Waals surface area contributed by atoms with Crippen LogP contribution in [0.2, 0.25) is 0 Å². The molecule has 4 aromatic rings. The summed E-state index contributed by atoms with van der Waals surface area (Å²) in [5.41, 5.74) is 8.02. The molecule has 2 nitrogen and oxygen atoms in total. The van der Waals surface area contributed by atoms with Crippen molar-refractivity contribution < 1.29 is 5.11 Å². The number of aliphatic hydroxyl groups excluding tert-OH is 1. The fraction of sp³-hybridized carbons (Fsp3) is 0.0769. The fourth-order valence-corrected chi connectivity index (χ4v) is 3.34. The van der Waals surface area contributed by atoms with Gasteiger partial charge in [0.15, 0.2) is 0 Å². The molecule has 0 spiro atoms. The summed E-state index contributed by atoms with van der Waals surface area (Å²) in [6.07, 6.45) is 0. The molecule has 0 atom stereocenters. The van der Waals surface area contributed by atoms with E-state index in [0.29, 0.717) is 0 Å². The normalized spacial score (nSPS) is 10.6. The molecule has 28 heavy (non-hydrogen) atoms. The fourth-order valence-electron chi connectivity index (χ4n) is 3.34. The molecule has 0 amide bonds. The molecule has 1 N–H and O–H groups in total. The third-order valence-electron chi connectivity index (χ3n) is 5.09. The van der Waals surface area contributed by atoms with E-state index >= 15 is 0 Å². The summed E-state index contributed by atoms with van der Waals surface area (Å²) < 4.78 is 0. The van der Waals surface area contributed by atoms with Gasteiger partial charge in [0.2, 0.25) is 0 Å². The Morgan fingerprint density at radius 2 is 0.929 bits per heavy atom. The number of rotatable bonds is 5. The quantitative estimate of drug-likeness (QED) is 0.450. The maximum absolute atomic E-state index is 9.19. The van der Waals surface area contributed by atoms with Gasteiger partial charge in [-0.2, -0.15) is 0 Å². The second-order valence-corrected chi connectivity index (χ2v) is 6.87. The summed E-state index contributed by atoms with van der Waals surface area (Å²) >= 11 is 0. The van der Waals surface area contributed by atoms with E-state index in [-0.39, 0.29) is 6.61 Å². The van der Waals surface area contributed by atoms with Crippen molar-refractivity contribution in [3.63, 3.8) is 0 Å². The molecule has 0 bridgehead atoms. The Balaban J connectivity index is 1.52. The molecule has 0 saturated carbocycles. The lowest BCUT2D eigenvalue weighted by molar-refractivity contribution is 0.282. The molecule has 0 aromatic heterocycles. The highest BCUT2D eigenvalue weighted by atomic mass is 16.3. The van der Waals surface area contributed by atoms with E-state index in [0.717, 1.165) is 16.9 Å². The van der Waals surface area contributed by atoms with Crippen molar-refractivity contribution >= 4 is 11.4 Å². The van der Waals surface area contributed by atoms with Crippen molar-refractivity contribution in [1.82, 2.24) is 0 Å². The van der Waals surface area contributed by atoms with Crippen LogP contribution in [0.1, 0.15) is 5.56 Å². The summed E-state index contributed by atoms with van der Waals surface area (Å²) in [7, 11) is 2.05. The summed E-state index contributed by atoms with van der Waals surface area (Å²) in [5.74, 6) is 0. The lowest BCUT2D eigenvalue weighted by atomic mass is 10.00. The molecule has 2 heteroatoms. The van der Waals surface area contributed by atoms with Crippen molar-refractivity contribution in [3.8, 4) is 22.3 Å². The number of hydrogen-bond donors (Lipinski definition) is 1. The maximum atomic E-state index is 9.19. The van der Waals surface area contributed by atoms with Gasteiger partial charge < -0.3 is 10.0 Å². The number of aliphatic hydroxyl groups is 1. The van der Waals surface area contributed by atoms with Gasteiger partial charge in [-0.25, -0.2) is 0 Å². The molecule has 0 aliphatic rings. The number of nitrogens with zero attached hydrogens (tertiary/aromatic N) is 1. The van der Waals surface area contributed by atoms with Gasteiger partial charge in [0.25, 0.3) is 0 Å². The first kappa shape index (κ1) is 18.0. The molecule has 0 aliphatic carbocycles. The van der Waals surface area contributed by atoms with Crippen molar-refractivity contribution in [2.75, 3.05) is 11.9 Å². The van der Waals surface area contributed by atoms with Crippen molar-refractivity contribution in [2.24, 2.45) is 0 Å². The lowest BCUT2D eigenvalue weighted by Crippen LogP contribution is -2.09. The average molecular weight is 365 g/mol. The molecule has 138 valence electrons. The third kappa shape index (κ3) is 3.83. The number of benzene rings is 4. The zero-order valence-corrected chi connectivity index (χ0v) is 15.9. The van der Waals surface area contributed by atoms with Gasteiger partial charge in [0.1, 0.15) is 0 Å². The Morgan fingerprint density at radius 1 is 0.536 bits per heavy atom. The van der Waals surface area contributed by atoms with Crippen LogP contribution in [0.15, 0.2) is 103 Å². The van der Waals surface area contributed by atoms with Crippen LogP contribution < -0.4 is 4.90 Å². The maximum Gasteiger partial charge on any atom is 0.0681 e. The Bertz CT molecular complexity index is 1020. The van der Waals surface area contributed by atoms with Gasteiger partial charge in [0.05, 0.1) is 6.61 Å². The van der Waals surface area contributed by atoms with Gasteiger partial charge in [-0.15, -0.1) is 0 Å². The average Bonchev–Trinajstić information content (AvgIpc) is 2.79. The van der Waals surface area contributed by atoms with E-state index in [9.17, 15) is 5.11 Å². The van der Waals surface area contributed by atoms with Crippen molar-refractivity contribution in [3.05, 3.63) is 109 Å². The number of hydrogen-bond acceptors (Lipinski definition) is 2. The summed E-state index contributed by atoms with van der Waals surface area (Å²) in [5, 5.41) is 9.19. The van der Waals surface area contributed by atoms with Crippen LogP contribution in [0.4, 0.5) is 11.4 Å². The van der Waals surface area contributed by atoms with E-state index in [1.165, 1.54) is 22.3 Å².